The molecule has 2 rings (SSSR count). The summed E-state index contributed by atoms with van der Waals surface area (Å²) in [5, 5.41) is 18.3. The maximum Gasteiger partial charge on any atom is 0.177 e. The molecule has 0 amide bonds. The molecule has 0 aliphatic heterocycles. The van der Waals surface area contributed by atoms with Crippen molar-refractivity contribution in [2.45, 2.75) is 0 Å². The standard InChI is InChI=1S/C11H6ClN5/c12-7-1-2-10(8(15)3-7)17-6-16-9(4-13)11(17)5-14/h1-3,6H,15H2. The summed E-state index contributed by atoms with van der Waals surface area (Å²) in [5.74, 6) is 0. The van der Waals surface area contributed by atoms with Crippen LogP contribution < -0.4 is 5.73 Å². The molecule has 0 fully saturated rings. The summed E-state index contributed by atoms with van der Waals surface area (Å²) in [4.78, 5) is 3.84. The normalized spacial score (nSPS) is 9.59. The maximum atomic E-state index is 9.00. The second kappa shape index (κ2) is 4.17. The lowest BCUT2D eigenvalue weighted by Gasteiger charge is -2.07. The summed E-state index contributed by atoms with van der Waals surface area (Å²) in [6.07, 6.45) is 1.39. The molecule has 17 heavy (non-hydrogen) atoms. The lowest BCUT2D eigenvalue weighted by molar-refractivity contribution is 1.04. The number of benzene rings is 1. The van der Waals surface area contributed by atoms with E-state index >= 15 is 0 Å². The number of nitrogen functional groups attached to an aromatic ring is 1. The predicted octanol–water partition coefficient (Wildman–Crippen LogP) is 1.85. The molecule has 82 valence electrons. The molecule has 0 unspecified atom stereocenters. The van der Waals surface area contributed by atoms with Gasteiger partial charge in [-0.25, -0.2) is 4.98 Å². The van der Waals surface area contributed by atoms with Gasteiger partial charge in [-0.15, -0.1) is 0 Å². The average Bonchev–Trinajstić information content (AvgIpc) is 2.71. The van der Waals surface area contributed by atoms with Gasteiger partial charge < -0.3 is 5.73 Å². The number of anilines is 1. The van der Waals surface area contributed by atoms with Crippen LogP contribution in [0.15, 0.2) is 24.5 Å². The Kier molecular flexibility index (Phi) is 2.70. The molecule has 0 saturated carbocycles. The topological polar surface area (TPSA) is 91.4 Å². The van der Waals surface area contributed by atoms with Crippen LogP contribution in [0.3, 0.4) is 0 Å². The van der Waals surface area contributed by atoms with Crippen molar-refractivity contribution >= 4 is 17.3 Å². The number of nitriles is 2. The van der Waals surface area contributed by atoms with E-state index in [1.807, 2.05) is 12.1 Å². The fourth-order valence-electron chi connectivity index (χ4n) is 1.46. The Morgan fingerprint density at radius 2 is 2.06 bits per heavy atom. The first kappa shape index (κ1) is 11.0. The molecular formula is C11H6ClN5. The summed E-state index contributed by atoms with van der Waals surface area (Å²) < 4.78 is 1.46. The smallest absolute Gasteiger partial charge is 0.177 e. The minimum absolute atomic E-state index is 0.0712. The van der Waals surface area contributed by atoms with Crippen LogP contribution in [0.25, 0.3) is 5.69 Å². The molecule has 1 aromatic carbocycles. The Bertz CT molecular complexity index is 659. The highest BCUT2D eigenvalue weighted by atomic mass is 35.5. The molecule has 0 aliphatic rings. The van der Waals surface area contributed by atoms with E-state index in [1.165, 1.54) is 10.9 Å². The van der Waals surface area contributed by atoms with Crippen molar-refractivity contribution in [3.63, 3.8) is 0 Å². The zero-order chi connectivity index (χ0) is 12.4. The molecule has 6 heteroatoms. The third-order valence-corrected chi connectivity index (χ3v) is 2.46. The Hall–Kier alpha value is -2.50. The zero-order valence-electron chi connectivity index (χ0n) is 8.55. The summed E-state index contributed by atoms with van der Waals surface area (Å²) >= 11 is 5.79. The summed E-state index contributed by atoms with van der Waals surface area (Å²) in [6, 6.07) is 8.67. The number of aromatic nitrogens is 2. The fourth-order valence-corrected chi connectivity index (χ4v) is 1.65. The average molecular weight is 244 g/mol. The minimum atomic E-state index is 0.0712. The third-order valence-electron chi connectivity index (χ3n) is 2.23. The van der Waals surface area contributed by atoms with E-state index in [2.05, 4.69) is 4.98 Å². The molecule has 5 nitrogen and oxygen atoms in total. The van der Waals surface area contributed by atoms with Crippen molar-refractivity contribution in [1.82, 2.24) is 9.55 Å². The first-order valence-electron chi connectivity index (χ1n) is 4.60. The van der Waals surface area contributed by atoms with Gasteiger partial charge in [0, 0.05) is 5.02 Å². The van der Waals surface area contributed by atoms with E-state index in [0.29, 0.717) is 16.4 Å². The lowest BCUT2D eigenvalue weighted by Crippen LogP contribution is -2.01. The second-order valence-electron chi connectivity index (χ2n) is 3.24. The van der Waals surface area contributed by atoms with Gasteiger partial charge in [0.1, 0.15) is 18.5 Å². The lowest BCUT2D eigenvalue weighted by atomic mass is 10.2. The third kappa shape index (κ3) is 1.80. The van der Waals surface area contributed by atoms with Crippen molar-refractivity contribution in [2.24, 2.45) is 0 Å². The predicted molar refractivity (Wildman–Crippen MR) is 62.4 cm³/mol. The number of hydrogen-bond donors (Lipinski definition) is 1. The number of imidazole rings is 1. The van der Waals surface area contributed by atoms with Crippen LogP contribution in [0.1, 0.15) is 11.4 Å². The van der Waals surface area contributed by atoms with Gasteiger partial charge in [0.2, 0.25) is 0 Å². The highest BCUT2D eigenvalue weighted by Crippen LogP contribution is 2.23. The first-order valence-corrected chi connectivity index (χ1v) is 4.98. The molecule has 2 aromatic rings. The van der Waals surface area contributed by atoms with Crippen LogP contribution in [0.2, 0.25) is 5.02 Å². The molecule has 0 atom stereocenters. The van der Waals surface area contributed by atoms with Crippen LogP contribution in [0, 0.1) is 22.7 Å². The molecular weight excluding hydrogens is 238 g/mol. The van der Waals surface area contributed by atoms with Gasteiger partial charge in [-0.05, 0) is 18.2 Å². The summed E-state index contributed by atoms with van der Waals surface area (Å²) in [6.45, 7) is 0. The second-order valence-corrected chi connectivity index (χ2v) is 3.67. The molecule has 0 aliphatic carbocycles. The van der Waals surface area contributed by atoms with Crippen molar-refractivity contribution in [2.75, 3.05) is 5.73 Å². The summed E-state index contributed by atoms with van der Waals surface area (Å²) in [7, 11) is 0. The monoisotopic (exact) mass is 243 g/mol. The van der Waals surface area contributed by atoms with E-state index < -0.39 is 0 Å². The molecule has 1 heterocycles. The number of rotatable bonds is 1. The fraction of sp³-hybridized carbons (Fsp3) is 0. The highest BCUT2D eigenvalue weighted by Gasteiger charge is 2.13. The highest BCUT2D eigenvalue weighted by molar-refractivity contribution is 6.30. The quantitative estimate of drug-likeness (QED) is 0.774. The van der Waals surface area contributed by atoms with Crippen LogP contribution in [0.4, 0.5) is 5.69 Å². The SMILES string of the molecule is N#Cc1ncn(-c2ccc(Cl)cc2N)c1C#N. The Balaban J connectivity index is 2.66. The van der Waals surface area contributed by atoms with Gasteiger partial charge in [0.25, 0.3) is 0 Å². The number of nitrogens with zero attached hydrogens (tertiary/aromatic N) is 4. The molecule has 0 spiro atoms. The van der Waals surface area contributed by atoms with Gasteiger partial charge >= 0.3 is 0 Å². The van der Waals surface area contributed by atoms with Crippen LogP contribution in [0.5, 0.6) is 0 Å². The van der Waals surface area contributed by atoms with Gasteiger partial charge in [-0.1, -0.05) is 11.6 Å². The largest absolute Gasteiger partial charge is 0.397 e. The van der Waals surface area contributed by atoms with Crippen molar-refractivity contribution in [3.05, 3.63) is 40.9 Å². The molecule has 0 radical (unpaired) electrons. The number of halogens is 1. The molecule has 0 bridgehead atoms. The minimum Gasteiger partial charge on any atom is -0.397 e. The van der Waals surface area contributed by atoms with E-state index in [1.54, 1.807) is 18.2 Å². The summed E-state index contributed by atoms with van der Waals surface area (Å²) in [5.41, 5.74) is 7.01. The zero-order valence-corrected chi connectivity index (χ0v) is 9.31. The van der Waals surface area contributed by atoms with E-state index in [-0.39, 0.29) is 11.4 Å². The van der Waals surface area contributed by atoms with E-state index in [0.717, 1.165) is 0 Å². The van der Waals surface area contributed by atoms with Crippen molar-refractivity contribution in [1.29, 1.82) is 10.5 Å². The van der Waals surface area contributed by atoms with Crippen LogP contribution in [-0.4, -0.2) is 9.55 Å². The van der Waals surface area contributed by atoms with E-state index in [9.17, 15) is 0 Å². The van der Waals surface area contributed by atoms with Gasteiger partial charge in [0.15, 0.2) is 11.4 Å². The Morgan fingerprint density at radius 1 is 1.29 bits per heavy atom. The van der Waals surface area contributed by atoms with Crippen molar-refractivity contribution < 1.29 is 0 Å². The van der Waals surface area contributed by atoms with Crippen LogP contribution in [-0.2, 0) is 0 Å². The first-order chi connectivity index (χ1) is 8.17. The Labute approximate surface area is 102 Å². The maximum absolute atomic E-state index is 9.00. The van der Waals surface area contributed by atoms with Gasteiger partial charge in [-0.3, -0.25) is 4.57 Å². The number of hydrogen-bond acceptors (Lipinski definition) is 4. The molecule has 0 saturated heterocycles. The molecule has 2 N–H and O–H groups in total. The van der Waals surface area contributed by atoms with Gasteiger partial charge in [-0.2, -0.15) is 10.5 Å². The Morgan fingerprint density at radius 3 is 2.65 bits per heavy atom. The van der Waals surface area contributed by atoms with Crippen molar-refractivity contribution in [3.8, 4) is 17.8 Å². The van der Waals surface area contributed by atoms with Gasteiger partial charge in [0.05, 0.1) is 11.4 Å². The molecule has 1 aromatic heterocycles. The van der Waals surface area contributed by atoms with E-state index in [4.69, 9.17) is 27.9 Å². The number of nitrogens with two attached hydrogens (primary N) is 1. The van der Waals surface area contributed by atoms with Crippen LogP contribution >= 0.6 is 11.6 Å².